The molecule has 0 saturated heterocycles. The Morgan fingerprint density at radius 3 is 2.55 bits per heavy atom. The van der Waals surface area contributed by atoms with Gasteiger partial charge in [-0.05, 0) is 52.7 Å². The van der Waals surface area contributed by atoms with E-state index in [0.717, 1.165) is 11.6 Å². The fourth-order valence-electron chi connectivity index (χ4n) is 1.61. The van der Waals surface area contributed by atoms with Gasteiger partial charge < -0.3 is 5.32 Å². The topological polar surface area (TPSA) is 24.9 Å². The highest BCUT2D eigenvalue weighted by Crippen LogP contribution is 2.38. The zero-order valence-electron chi connectivity index (χ0n) is 10.2. The van der Waals surface area contributed by atoms with Gasteiger partial charge in [0.25, 0.3) is 0 Å². The van der Waals surface area contributed by atoms with Gasteiger partial charge in [0.1, 0.15) is 5.82 Å². The molecule has 0 saturated carbocycles. The number of pyridine rings is 1. The van der Waals surface area contributed by atoms with Crippen LogP contribution in [0.4, 0.5) is 24.7 Å². The lowest BCUT2D eigenvalue weighted by atomic mass is 10.1. The van der Waals surface area contributed by atoms with E-state index in [9.17, 15) is 13.2 Å². The van der Waals surface area contributed by atoms with Crippen molar-refractivity contribution >= 4 is 39.0 Å². The third kappa shape index (κ3) is 3.43. The predicted molar refractivity (Wildman–Crippen MR) is 76.4 cm³/mol. The maximum atomic E-state index is 13.0. The van der Waals surface area contributed by atoms with Crippen LogP contribution < -0.4 is 5.32 Å². The van der Waals surface area contributed by atoms with Crippen LogP contribution in [0.3, 0.4) is 0 Å². The van der Waals surface area contributed by atoms with E-state index in [2.05, 4.69) is 26.2 Å². The largest absolute Gasteiger partial charge is 0.418 e. The van der Waals surface area contributed by atoms with Gasteiger partial charge in [-0.2, -0.15) is 13.2 Å². The van der Waals surface area contributed by atoms with Crippen LogP contribution >= 0.6 is 27.5 Å². The fraction of sp³-hybridized carbons (Fsp3) is 0.154. The Balaban J connectivity index is 2.43. The Hall–Kier alpha value is -1.27. The number of aryl methyl sites for hydroxylation is 1. The highest BCUT2D eigenvalue weighted by Gasteiger charge is 2.34. The Kier molecular flexibility index (Phi) is 4.25. The number of benzene rings is 1. The van der Waals surface area contributed by atoms with Gasteiger partial charge in [-0.3, -0.25) is 0 Å². The van der Waals surface area contributed by atoms with Crippen LogP contribution in [0.15, 0.2) is 34.9 Å². The van der Waals surface area contributed by atoms with Crippen molar-refractivity contribution in [1.29, 1.82) is 0 Å². The van der Waals surface area contributed by atoms with Crippen molar-refractivity contribution in [3.8, 4) is 0 Å². The maximum absolute atomic E-state index is 13.0. The van der Waals surface area contributed by atoms with Crippen LogP contribution in [-0.4, -0.2) is 4.98 Å². The molecule has 7 heteroatoms. The third-order valence-electron chi connectivity index (χ3n) is 2.52. The molecule has 0 radical (unpaired) electrons. The van der Waals surface area contributed by atoms with Crippen LogP contribution in [0.25, 0.3) is 0 Å². The molecule has 2 aromatic rings. The van der Waals surface area contributed by atoms with E-state index in [1.165, 1.54) is 12.1 Å². The molecule has 0 fully saturated rings. The lowest BCUT2D eigenvalue weighted by molar-refractivity contribution is -0.136. The van der Waals surface area contributed by atoms with Gasteiger partial charge in [0.15, 0.2) is 0 Å². The summed E-state index contributed by atoms with van der Waals surface area (Å²) in [5.74, 6) is 0.309. The van der Waals surface area contributed by atoms with Crippen LogP contribution in [-0.2, 0) is 6.18 Å². The quantitative estimate of drug-likeness (QED) is 0.753. The normalized spacial score (nSPS) is 11.5. The highest BCUT2D eigenvalue weighted by molar-refractivity contribution is 9.10. The summed E-state index contributed by atoms with van der Waals surface area (Å²) in [7, 11) is 0. The molecule has 0 aliphatic heterocycles. The van der Waals surface area contributed by atoms with Gasteiger partial charge in [-0.25, -0.2) is 4.98 Å². The van der Waals surface area contributed by atoms with Crippen LogP contribution in [0, 0.1) is 6.92 Å². The van der Waals surface area contributed by atoms with E-state index in [1.54, 1.807) is 12.3 Å². The van der Waals surface area contributed by atoms with E-state index >= 15 is 0 Å². The average Bonchev–Trinajstić information content (AvgIpc) is 2.33. The monoisotopic (exact) mass is 364 g/mol. The second-order valence-corrected chi connectivity index (χ2v) is 5.45. The smallest absolute Gasteiger partial charge is 0.339 e. The van der Waals surface area contributed by atoms with Gasteiger partial charge in [0, 0.05) is 11.2 Å². The number of hydrogen-bond acceptors (Lipinski definition) is 2. The molecule has 106 valence electrons. The summed E-state index contributed by atoms with van der Waals surface area (Å²) in [5.41, 5.74) is -0.0344. The van der Waals surface area contributed by atoms with Crippen molar-refractivity contribution in [1.82, 2.24) is 4.98 Å². The van der Waals surface area contributed by atoms with Crippen molar-refractivity contribution in [2.24, 2.45) is 0 Å². The van der Waals surface area contributed by atoms with Crippen LogP contribution in [0.2, 0.25) is 5.02 Å². The fourth-order valence-corrected chi connectivity index (χ4v) is 2.35. The average molecular weight is 366 g/mol. The zero-order valence-corrected chi connectivity index (χ0v) is 12.6. The van der Waals surface area contributed by atoms with Crippen LogP contribution in [0.5, 0.6) is 0 Å². The van der Waals surface area contributed by atoms with E-state index in [4.69, 9.17) is 11.6 Å². The SMILES string of the molecule is Cc1cnc(Nc2ccc(Cl)cc2C(F)(F)F)c(Br)c1. The predicted octanol–water partition coefficient (Wildman–Crippen LogP) is 5.57. The van der Waals surface area contributed by atoms with Gasteiger partial charge >= 0.3 is 6.18 Å². The Morgan fingerprint density at radius 2 is 1.95 bits per heavy atom. The summed E-state index contributed by atoms with van der Waals surface area (Å²) < 4.78 is 39.5. The van der Waals surface area contributed by atoms with E-state index < -0.39 is 11.7 Å². The standard InChI is InChI=1S/C13H9BrClF3N2/c1-7-4-10(14)12(19-6-7)20-11-3-2-8(15)5-9(11)13(16,17)18/h2-6H,1H3,(H,19,20). The van der Waals surface area contributed by atoms with E-state index in [1.807, 2.05) is 6.92 Å². The molecule has 0 aliphatic carbocycles. The van der Waals surface area contributed by atoms with Crippen molar-refractivity contribution in [3.63, 3.8) is 0 Å². The van der Waals surface area contributed by atoms with Crippen molar-refractivity contribution in [3.05, 3.63) is 51.1 Å². The minimum atomic E-state index is -4.50. The molecule has 2 rings (SSSR count). The first-order valence-corrected chi connectivity index (χ1v) is 6.70. The van der Waals surface area contributed by atoms with Crippen molar-refractivity contribution in [2.75, 3.05) is 5.32 Å². The number of nitrogens with zero attached hydrogens (tertiary/aromatic N) is 1. The molecule has 2 nitrogen and oxygen atoms in total. The summed E-state index contributed by atoms with van der Waals surface area (Å²) >= 11 is 8.89. The van der Waals surface area contributed by atoms with Gasteiger partial charge in [0.2, 0.25) is 0 Å². The molecule has 0 atom stereocenters. The lowest BCUT2D eigenvalue weighted by Gasteiger charge is -2.15. The van der Waals surface area contributed by atoms with E-state index in [0.29, 0.717) is 10.3 Å². The molecule has 0 amide bonds. The summed E-state index contributed by atoms with van der Waals surface area (Å²) in [6.45, 7) is 1.84. The number of hydrogen-bond donors (Lipinski definition) is 1. The first-order valence-electron chi connectivity index (χ1n) is 5.53. The summed E-state index contributed by atoms with van der Waals surface area (Å²) in [5, 5.41) is 2.69. The molecular weight excluding hydrogens is 357 g/mol. The highest BCUT2D eigenvalue weighted by atomic mass is 79.9. The Bertz CT molecular complexity index is 644. The Labute approximate surface area is 127 Å². The molecule has 20 heavy (non-hydrogen) atoms. The first-order chi connectivity index (χ1) is 9.27. The molecule has 1 aromatic heterocycles. The third-order valence-corrected chi connectivity index (χ3v) is 3.36. The summed E-state index contributed by atoms with van der Waals surface area (Å²) in [6, 6.07) is 5.31. The molecule has 0 unspecified atom stereocenters. The second-order valence-electron chi connectivity index (χ2n) is 4.16. The lowest BCUT2D eigenvalue weighted by Crippen LogP contribution is -2.09. The molecule has 0 bridgehead atoms. The van der Waals surface area contributed by atoms with Crippen LogP contribution in [0.1, 0.15) is 11.1 Å². The van der Waals surface area contributed by atoms with Crippen molar-refractivity contribution in [2.45, 2.75) is 13.1 Å². The molecule has 1 heterocycles. The van der Waals surface area contributed by atoms with E-state index in [-0.39, 0.29) is 10.7 Å². The van der Waals surface area contributed by atoms with Gasteiger partial charge in [-0.15, -0.1) is 0 Å². The molecule has 1 N–H and O–H groups in total. The number of anilines is 2. The Morgan fingerprint density at radius 1 is 1.25 bits per heavy atom. The molecule has 0 aliphatic rings. The molecule has 1 aromatic carbocycles. The number of rotatable bonds is 2. The number of nitrogens with one attached hydrogen (secondary N) is 1. The minimum absolute atomic E-state index is 0.0267. The molecular formula is C13H9BrClF3N2. The van der Waals surface area contributed by atoms with Gasteiger partial charge in [0.05, 0.1) is 15.7 Å². The second kappa shape index (κ2) is 5.61. The number of alkyl halides is 3. The summed E-state index contributed by atoms with van der Waals surface area (Å²) in [6.07, 6.45) is -2.93. The summed E-state index contributed by atoms with van der Waals surface area (Å²) in [4.78, 5) is 4.06. The van der Waals surface area contributed by atoms with Gasteiger partial charge in [-0.1, -0.05) is 11.6 Å². The number of aromatic nitrogens is 1. The zero-order chi connectivity index (χ0) is 14.9. The minimum Gasteiger partial charge on any atom is -0.339 e. The number of halogens is 5. The van der Waals surface area contributed by atoms with Crippen molar-refractivity contribution < 1.29 is 13.2 Å². The molecule has 0 spiro atoms. The first kappa shape index (κ1) is 15.1. The maximum Gasteiger partial charge on any atom is 0.418 e.